The van der Waals surface area contributed by atoms with Gasteiger partial charge in [-0.05, 0) is 83.6 Å². The third kappa shape index (κ3) is 7.54. The zero-order valence-corrected chi connectivity index (χ0v) is 31.8. The minimum atomic E-state index is -0.571. The molecule has 0 N–H and O–H groups in total. The van der Waals surface area contributed by atoms with Crippen LogP contribution in [0.4, 0.5) is 0 Å². The molecule has 0 spiro atoms. The van der Waals surface area contributed by atoms with E-state index in [1.165, 1.54) is 35.4 Å². The van der Waals surface area contributed by atoms with Crippen LogP contribution in [-0.4, -0.2) is 80.2 Å². The van der Waals surface area contributed by atoms with Crippen molar-refractivity contribution >= 4 is 47.3 Å². The van der Waals surface area contributed by atoms with Gasteiger partial charge in [0.15, 0.2) is 0 Å². The lowest BCUT2D eigenvalue weighted by Gasteiger charge is -2.20. The highest BCUT2D eigenvalue weighted by atomic mass is 16.5. The van der Waals surface area contributed by atoms with E-state index in [-0.39, 0.29) is 22.3 Å². The van der Waals surface area contributed by atoms with Crippen molar-refractivity contribution in [2.45, 2.75) is 39.5 Å². The summed E-state index contributed by atoms with van der Waals surface area (Å²) in [7, 11) is 0. The maximum atomic E-state index is 12.7. The van der Waals surface area contributed by atoms with Crippen LogP contribution in [-0.2, 0) is 19.2 Å². The molecule has 14 heteroatoms. The highest BCUT2D eigenvalue weighted by Gasteiger charge is 2.40. The lowest BCUT2D eigenvalue weighted by molar-refractivity contribution is -0.139. The predicted molar refractivity (Wildman–Crippen MR) is 207 cm³/mol. The number of carbonyl (C=O) groups is 8. The van der Waals surface area contributed by atoms with Crippen LogP contribution in [0.1, 0.15) is 92.1 Å². The summed E-state index contributed by atoms with van der Waals surface area (Å²) < 4.78 is 11.6. The van der Waals surface area contributed by atoms with Crippen LogP contribution < -0.4 is 9.47 Å². The minimum Gasteiger partial charge on any atom is -0.457 e. The van der Waals surface area contributed by atoms with E-state index in [0.717, 1.165) is 43.9 Å². The van der Waals surface area contributed by atoms with E-state index in [0.29, 0.717) is 34.8 Å². The van der Waals surface area contributed by atoms with E-state index in [1.54, 1.807) is 12.1 Å². The minimum absolute atomic E-state index is 0.179. The fraction of sp³-hybridized carbons (Fsp3) is 0.182. The number of fused-ring (bicyclic) bond motifs is 2. The van der Waals surface area contributed by atoms with E-state index in [9.17, 15) is 38.4 Å². The molecule has 14 nitrogen and oxygen atoms in total. The molecule has 0 radical (unpaired) electrons. The maximum absolute atomic E-state index is 12.7. The molecule has 4 heterocycles. The molecule has 0 aromatic heterocycles. The van der Waals surface area contributed by atoms with E-state index < -0.39 is 60.6 Å². The summed E-state index contributed by atoms with van der Waals surface area (Å²) in [5.41, 5.74) is 3.15. The highest BCUT2D eigenvalue weighted by molar-refractivity contribution is 6.23. The van der Waals surface area contributed by atoms with Gasteiger partial charge in [0.05, 0.1) is 22.3 Å². The summed E-state index contributed by atoms with van der Waals surface area (Å²) >= 11 is 0. The Morgan fingerprint density at radius 1 is 0.379 bits per heavy atom. The topological polar surface area (TPSA) is 168 Å². The van der Waals surface area contributed by atoms with E-state index in [1.807, 2.05) is 48.5 Å². The predicted octanol–water partition coefficient (Wildman–Crippen LogP) is 6.16. The molecule has 4 aromatic carbocycles. The summed E-state index contributed by atoms with van der Waals surface area (Å²) in [5.74, 6) is -1.59. The average Bonchev–Trinajstić information content (AvgIpc) is 3.86. The van der Waals surface area contributed by atoms with E-state index >= 15 is 0 Å². The molecule has 0 fully saturated rings. The first-order chi connectivity index (χ1) is 27.7. The van der Waals surface area contributed by atoms with Gasteiger partial charge in [0.1, 0.15) is 36.3 Å². The summed E-state index contributed by atoms with van der Waals surface area (Å²) in [4.78, 5) is 101. The van der Waals surface area contributed by atoms with E-state index in [4.69, 9.17) is 9.47 Å². The van der Waals surface area contributed by atoms with Crippen LogP contribution in [0.15, 0.2) is 109 Å². The Morgan fingerprint density at radius 3 is 0.983 bits per heavy atom. The standard InChI is InChI=1S/2C22H18N2O5/c2*1-13(2)14-3-5-15(6-4-14)29-16-7-8-17-18(11-16)22(28)24(21(17)27)12-23-19(25)9-10-20(23)26/h2*3-11,13H,12H2,1-2H3. The lowest BCUT2D eigenvalue weighted by atomic mass is 10.0. The lowest BCUT2D eigenvalue weighted by Crippen LogP contribution is -2.43. The van der Waals surface area contributed by atoms with Crippen LogP contribution in [0, 0.1) is 0 Å². The van der Waals surface area contributed by atoms with Crippen molar-refractivity contribution in [2.75, 3.05) is 13.3 Å². The number of ether oxygens (including phenoxy) is 2. The smallest absolute Gasteiger partial charge is 0.263 e. The fourth-order valence-electron chi connectivity index (χ4n) is 6.46. The van der Waals surface area contributed by atoms with Crippen molar-refractivity contribution in [1.82, 2.24) is 19.6 Å². The number of hydrogen-bond acceptors (Lipinski definition) is 10. The van der Waals surface area contributed by atoms with Gasteiger partial charge < -0.3 is 9.47 Å². The molecule has 292 valence electrons. The molecular weight excluding hydrogens is 745 g/mol. The van der Waals surface area contributed by atoms with Crippen molar-refractivity contribution in [3.8, 4) is 23.0 Å². The average molecular weight is 781 g/mol. The SMILES string of the molecule is CC(C)c1ccc(Oc2ccc3c(c2)C(=O)N(CN2C(=O)C=CC2=O)C3=O)cc1.CC(C)c1ccc(Oc2ccc3c(c2)C(=O)N(CN2C(=O)C=CC2=O)C3=O)cc1. The van der Waals surface area contributed by atoms with Crippen LogP contribution in [0.25, 0.3) is 0 Å². The van der Waals surface area contributed by atoms with Gasteiger partial charge in [-0.15, -0.1) is 0 Å². The molecule has 0 aliphatic carbocycles. The summed E-state index contributed by atoms with van der Waals surface area (Å²) in [5, 5.41) is 0. The summed E-state index contributed by atoms with van der Waals surface area (Å²) in [6.45, 7) is 7.58. The first kappa shape index (κ1) is 38.8. The monoisotopic (exact) mass is 780 g/mol. The van der Waals surface area contributed by atoms with Crippen molar-refractivity contribution in [3.05, 3.63) is 143 Å². The van der Waals surface area contributed by atoms with Gasteiger partial charge in [0.2, 0.25) is 0 Å². The van der Waals surface area contributed by atoms with Crippen molar-refractivity contribution < 1.29 is 47.8 Å². The van der Waals surface area contributed by atoms with Crippen LogP contribution in [0.3, 0.4) is 0 Å². The summed E-state index contributed by atoms with van der Waals surface area (Å²) in [6, 6.07) is 24.5. The third-order valence-corrected chi connectivity index (χ3v) is 9.82. The number of amides is 8. The Kier molecular flexibility index (Phi) is 10.4. The first-order valence-electron chi connectivity index (χ1n) is 18.3. The number of rotatable bonds is 10. The Labute approximate surface area is 332 Å². The van der Waals surface area contributed by atoms with E-state index in [2.05, 4.69) is 27.7 Å². The summed E-state index contributed by atoms with van der Waals surface area (Å²) in [6.07, 6.45) is 4.43. The van der Waals surface area contributed by atoms with Gasteiger partial charge in [0, 0.05) is 24.3 Å². The van der Waals surface area contributed by atoms with Gasteiger partial charge in [-0.25, -0.2) is 0 Å². The highest BCUT2D eigenvalue weighted by Crippen LogP contribution is 2.32. The van der Waals surface area contributed by atoms with Gasteiger partial charge in [0.25, 0.3) is 47.3 Å². The normalized spacial score (nSPS) is 15.7. The van der Waals surface area contributed by atoms with Crippen molar-refractivity contribution in [2.24, 2.45) is 0 Å². The van der Waals surface area contributed by atoms with Crippen molar-refractivity contribution in [1.29, 1.82) is 0 Å². The molecule has 0 unspecified atom stereocenters. The molecule has 8 rings (SSSR count). The molecule has 0 bridgehead atoms. The second-order valence-electron chi connectivity index (χ2n) is 14.3. The van der Waals surface area contributed by atoms with Crippen LogP contribution in [0.5, 0.6) is 23.0 Å². The fourth-order valence-corrected chi connectivity index (χ4v) is 6.46. The molecule has 0 atom stereocenters. The molecule has 8 amide bonds. The van der Waals surface area contributed by atoms with Gasteiger partial charge in [-0.2, -0.15) is 0 Å². The molecule has 4 aliphatic heterocycles. The third-order valence-electron chi connectivity index (χ3n) is 9.82. The second kappa shape index (κ2) is 15.6. The Balaban J connectivity index is 0.000000177. The zero-order chi connectivity index (χ0) is 41.4. The number of imide groups is 4. The molecule has 0 saturated carbocycles. The molecule has 4 aliphatic rings. The zero-order valence-electron chi connectivity index (χ0n) is 31.8. The maximum Gasteiger partial charge on any atom is 0.263 e. The van der Waals surface area contributed by atoms with Gasteiger partial charge >= 0.3 is 0 Å². The molecule has 4 aromatic rings. The van der Waals surface area contributed by atoms with Gasteiger partial charge in [-0.1, -0.05) is 52.0 Å². The number of carbonyl (C=O) groups excluding carboxylic acids is 8. The largest absolute Gasteiger partial charge is 0.457 e. The Hall–Kier alpha value is -7.48. The quantitative estimate of drug-likeness (QED) is 0.170. The number of hydrogen-bond donors (Lipinski definition) is 0. The Bertz CT molecular complexity index is 2280. The molecule has 58 heavy (non-hydrogen) atoms. The van der Waals surface area contributed by atoms with Gasteiger partial charge in [-0.3, -0.25) is 58.0 Å². The van der Waals surface area contributed by atoms with Crippen molar-refractivity contribution in [3.63, 3.8) is 0 Å². The second-order valence-corrected chi connectivity index (χ2v) is 14.3. The first-order valence-corrected chi connectivity index (χ1v) is 18.3. The Morgan fingerprint density at radius 2 is 0.672 bits per heavy atom. The number of nitrogens with zero attached hydrogens (tertiary/aromatic N) is 4. The number of benzene rings is 4. The molecule has 0 saturated heterocycles. The molecular formula is C44H36N4O10. The van der Waals surface area contributed by atoms with Crippen LogP contribution >= 0.6 is 0 Å². The van der Waals surface area contributed by atoms with Crippen LogP contribution in [0.2, 0.25) is 0 Å².